The van der Waals surface area contributed by atoms with Crippen molar-refractivity contribution in [3.63, 3.8) is 0 Å². The van der Waals surface area contributed by atoms with Crippen molar-refractivity contribution >= 4 is 5.97 Å². The Balaban J connectivity index is 2.46. The van der Waals surface area contributed by atoms with Crippen LogP contribution in [0.1, 0.15) is 68.9 Å². The Hall–Kier alpha value is -1.31. The molecule has 0 saturated heterocycles. The van der Waals surface area contributed by atoms with Gasteiger partial charge in [-0.2, -0.15) is 0 Å². The van der Waals surface area contributed by atoms with E-state index in [0.717, 1.165) is 30.4 Å². The van der Waals surface area contributed by atoms with Crippen LogP contribution in [0.3, 0.4) is 0 Å². The average molecular weight is 262 g/mol. The summed E-state index contributed by atoms with van der Waals surface area (Å²) in [6, 6.07) is 7.83. The lowest BCUT2D eigenvalue weighted by atomic mass is 9.90. The maximum atomic E-state index is 11.4. The molecule has 1 atom stereocenters. The van der Waals surface area contributed by atoms with Crippen molar-refractivity contribution < 1.29 is 9.90 Å². The Morgan fingerprint density at radius 1 is 1.11 bits per heavy atom. The van der Waals surface area contributed by atoms with Crippen LogP contribution >= 0.6 is 0 Å². The molecule has 1 aromatic carbocycles. The zero-order valence-electron chi connectivity index (χ0n) is 12.2. The second kappa shape index (κ2) is 8.73. The van der Waals surface area contributed by atoms with Gasteiger partial charge in [0.1, 0.15) is 0 Å². The minimum absolute atomic E-state index is 0.340. The normalized spacial score (nSPS) is 12.3. The number of hydrogen-bond donors (Lipinski definition) is 1. The van der Waals surface area contributed by atoms with Crippen molar-refractivity contribution in [2.75, 3.05) is 0 Å². The Morgan fingerprint density at radius 3 is 2.37 bits per heavy atom. The number of carboxylic acids is 1. The van der Waals surface area contributed by atoms with Gasteiger partial charge in [-0.1, -0.05) is 69.7 Å². The molecule has 0 amide bonds. The number of carboxylic acid groups (broad SMARTS) is 1. The molecule has 0 saturated carbocycles. The molecule has 0 spiro atoms. The largest absolute Gasteiger partial charge is 0.481 e. The lowest BCUT2D eigenvalue weighted by Gasteiger charge is -2.15. The van der Waals surface area contributed by atoms with Crippen LogP contribution in [0.4, 0.5) is 0 Å². The number of hydrogen-bond acceptors (Lipinski definition) is 1. The van der Waals surface area contributed by atoms with E-state index in [-0.39, 0.29) is 5.92 Å². The quantitative estimate of drug-likeness (QED) is 0.642. The van der Waals surface area contributed by atoms with E-state index in [9.17, 15) is 9.90 Å². The first-order chi connectivity index (χ1) is 9.16. The van der Waals surface area contributed by atoms with Crippen molar-refractivity contribution in [1.82, 2.24) is 0 Å². The van der Waals surface area contributed by atoms with E-state index in [4.69, 9.17) is 0 Å². The summed E-state index contributed by atoms with van der Waals surface area (Å²) in [6.45, 7) is 4.20. The molecule has 2 nitrogen and oxygen atoms in total. The lowest BCUT2D eigenvalue weighted by Crippen LogP contribution is -2.12. The van der Waals surface area contributed by atoms with Crippen LogP contribution in [-0.4, -0.2) is 11.1 Å². The number of aryl methyl sites for hydroxylation is 1. The highest BCUT2D eigenvalue weighted by Gasteiger charge is 2.20. The molecule has 1 rings (SSSR count). The van der Waals surface area contributed by atoms with Gasteiger partial charge in [0.05, 0.1) is 5.92 Å². The minimum Gasteiger partial charge on any atom is -0.481 e. The van der Waals surface area contributed by atoms with E-state index in [1.807, 2.05) is 31.2 Å². The molecule has 106 valence electrons. The number of carbonyl (C=O) groups is 1. The molecule has 19 heavy (non-hydrogen) atoms. The van der Waals surface area contributed by atoms with E-state index in [1.54, 1.807) is 0 Å². The van der Waals surface area contributed by atoms with Crippen LogP contribution in [0.5, 0.6) is 0 Å². The van der Waals surface area contributed by atoms with Gasteiger partial charge in [0.15, 0.2) is 0 Å². The molecule has 1 aromatic rings. The summed E-state index contributed by atoms with van der Waals surface area (Å²) in [5, 5.41) is 9.39. The molecule has 0 aromatic heterocycles. The molecular weight excluding hydrogens is 236 g/mol. The molecule has 0 aliphatic rings. The van der Waals surface area contributed by atoms with Crippen LogP contribution < -0.4 is 0 Å². The van der Waals surface area contributed by atoms with Gasteiger partial charge in [-0.25, -0.2) is 0 Å². The third kappa shape index (κ3) is 5.46. The van der Waals surface area contributed by atoms with Gasteiger partial charge in [0.2, 0.25) is 0 Å². The molecule has 2 heteroatoms. The summed E-state index contributed by atoms with van der Waals surface area (Å²) in [7, 11) is 0. The minimum atomic E-state index is -0.692. The SMILES string of the molecule is CCCCCCCCC(C(=O)O)c1ccccc1C. The van der Waals surface area contributed by atoms with Crippen LogP contribution in [0.25, 0.3) is 0 Å². The molecule has 0 aliphatic heterocycles. The predicted octanol–water partition coefficient (Wildman–Crippen LogP) is 4.91. The van der Waals surface area contributed by atoms with E-state index in [0.29, 0.717) is 0 Å². The maximum Gasteiger partial charge on any atom is 0.310 e. The Bertz CT molecular complexity index is 385. The van der Waals surface area contributed by atoms with Crippen LogP contribution in [0, 0.1) is 6.92 Å². The van der Waals surface area contributed by atoms with Gasteiger partial charge >= 0.3 is 5.97 Å². The van der Waals surface area contributed by atoms with Crippen molar-refractivity contribution in [3.05, 3.63) is 35.4 Å². The summed E-state index contributed by atoms with van der Waals surface area (Å²) >= 11 is 0. The first-order valence-corrected chi connectivity index (χ1v) is 7.45. The van der Waals surface area contributed by atoms with Crippen molar-refractivity contribution in [2.45, 2.75) is 64.7 Å². The molecular formula is C17H26O2. The molecule has 0 aliphatic carbocycles. The summed E-state index contributed by atoms with van der Waals surface area (Å²) in [5.74, 6) is -1.03. The van der Waals surface area contributed by atoms with Gasteiger partial charge < -0.3 is 5.11 Å². The standard InChI is InChI=1S/C17H26O2/c1-3-4-5-6-7-8-13-16(17(18)19)15-12-10-9-11-14(15)2/h9-12,16H,3-8,13H2,1-2H3,(H,18,19). The summed E-state index contributed by atoms with van der Waals surface area (Å²) in [6.07, 6.45) is 7.96. The monoisotopic (exact) mass is 262 g/mol. The second-order valence-electron chi connectivity index (χ2n) is 5.30. The van der Waals surface area contributed by atoms with Crippen LogP contribution in [0.2, 0.25) is 0 Å². The summed E-state index contributed by atoms with van der Waals surface area (Å²) in [4.78, 5) is 11.4. The zero-order valence-corrected chi connectivity index (χ0v) is 12.2. The van der Waals surface area contributed by atoms with Crippen molar-refractivity contribution in [3.8, 4) is 0 Å². The Labute approximate surface area is 116 Å². The molecule has 1 N–H and O–H groups in total. The van der Waals surface area contributed by atoms with E-state index >= 15 is 0 Å². The molecule has 0 bridgehead atoms. The van der Waals surface area contributed by atoms with Gasteiger partial charge in [-0.15, -0.1) is 0 Å². The maximum absolute atomic E-state index is 11.4. The fraction of sp³-hybridized carbons (Fsp3) is 0.588. The van der Waals surface area contributed by atoms with Crippen LogP contribution in [-0.2, 0) is 4.79 Å². The second-order valence-corrected chi connectivity index (χ2v) is 5.30. The first-order valence-electron chi connectivity index (χ1n) is 7.45. The van der Waals surface area contributed by atoms with Gasteiger partial charge in [-0.3, -0.25) is 4.79 Å². The Morgan fingerprint density at radius 2 is 1.74 bits per heavy atom. The van der Waals surface area contributed by atoms with Crippen molar-refractivity contribution in [1.29, 1.82) is 0 Å². The highest BCUT2D eigenvalue weighted by atomic mass is 16.4. The van der Waals surface area contributed by atoms with Gasteiger partial charge in [-0.05, 0) is 24.5 Å². The fourth-order valence-electron chi connectivity index (χ4n) is 2.52. The zero-order chi connectivity index (χ0) is 14.1. The third-order valence-corrected chi connectivity index (χ3v) is 3.71. The topological polar surface area (TPSA) is 37.3 Å². The first kappa shape index (κ1) is 15.7. The van der Waals surface area contributed by atoms with Gasteiger partial charge in [0, 0.05) is 0 Å². The molecule has 0 fully saturated rings. The van der Waals surface area contributed by atoms with Crippen LogP contribution in [0.15, 0.2) is 24.3 Å². The van der Waals surface area contributed by atoms with E-state index in [2.05, 4.69) is 6.92 Å². The third-order valence-electron chi connectivity index (χ3n) is 3.71. The van der Waals surface area contributed by atoms with Gasteiger partial charge in [0.25, 0.3) is 0 Å². The highest BCUT2D eigenvalue weighted by molar-refractivity contribution is 5.76. The average Bonchev–Trinajstić information content (AvgIpc) is 2.39. The molecule has 1 unspecified atom stereocenters. The van der Waals surface area contributed by atoms with Crippen molar-refractivity contribution in [2.24, 2.45) is 0 Å². The van der Waals surface area contributed by atoms with E-state index in [1.165, 1.54) is 25.7 Å². The lowest BCUT2D eigenvalue weighted by molar-refractivity contribution is -0.139. The van der Waals surface area contributed by atoms with E-state index < -0.39 is 5.97 Å². The highest BCUT2D eigenvalue weighted by Crippen LogP contribution is 2.25. The summed E-state index contributed by atoms with van der Waals surface area (Å²) < 4.78 is 0. The summed E-state index contributed by atoms with van der Waals surface area (Å²) in [5.41, 5.74) is 2.06. The molecule has 0 radical (unpaired) electrons. The number of rotatable bonds is 9. The number of benzene rings is 1. The smallest absolute Gasteiger partial charge is 0.310 e. The Kier molecular flexibility index (Phi) is 7.24. The number of unbranched alkanes of at least 4 members (excludes halogenated alkanes) is 5. The fourth-order valence-corrected chi connectivity index (χ4v) is 2.52. The number of aliphatic carboxylic acids is 1. The molecule has 0 heterocycles. The predicted molar refractivity (Wildman–Crippen MR) is 79.5 cm³/mol.